The number of urea groups is 1. The number of nitrogens with one attached hydrogen (secondary N) is 2. The number of nitrogen functional groups attached to an aromatic ring is 1. The van der Waals surface area contributed by atoms with Crippen molar-refractivity contribution >= 4 is 71.3 Å². The van der Waals surface area contributed by atoms with E-state index >= 15 is 0 Å². The van der Waals surface area contributed by atoms with E-state index in [0.29, 0.717) is 5.69 Å². The zero-order valence-electron chi connectivity index (χ0n) is 24.9. The molecular weight excluding hydrogens is 647 g/mol. The van der Waals surface area contributed by atoms with Crippen molar-refractivity contribution in [2.75, 3.05) is 21.9 Å². The van der Waals surface area contributed by atoms with Crippen molar-refractivity contribution in [2.45, 2.75) is 23.6 Å². The van der Waals surface area contributed by atoms with E-state index in [0.717, 1.165) is 16.4 Å². The summed E-state index contributed by atoms with van der Waals surface area (Å²) >= 11 is 0. The maximum atomic E-state index is 13.9. The number of nitrogens with two attached hydrogens (primary N) is 1. The van der Waals surface area contributed by atoms with Crippen LogP contribution in [-0.4, -0.2) is 45.0 Å². The average Bonchev–Trinajstić information content (AvgIpc) is 2.97. The van der Waals surface area contributed by atoms with Crippen LogP contribution < -0.4 is 50.2 Å². The fraction of sp³-hybridized carbons (Fsp3) is 0.103. The number of azo groups is 1. The van der Waals surface area contributed by atoms with Crippen LogP contribution in [0.2, 0.25) is 0 Å². The van der Waals surface area contributed by atoms with E-state index in [4.69, 9.17) is 5.73 Å². The first kappa shape index (κ1) is 36.2. The summed E-state index contributed by atoms with van der Waals surface area (Å²) in [7, 11) is -9.11. The molecule has 0 aromatic heterocycles. The Morgan fingerprint density at radius 1 is 1.00 bits per heavy atom. The summed E-state index contributed by atoms with van der Waals surface area (Å²) in [5, 5.41) is 23.5. The fourth-order valence-electron chi connectivity index (χ4n) is 4.22. The van der Waals surface area contributed by atoms with E-state index in [1.165, 1.54) is 61.5 Å². The van der Waals surface area contributed by atoms with Crippen LogP contribution in [-0.2, 0) is 24.9 Å². The SMILES string of the molecule is C=C(C)C(=O)NC(=O)Nc1ccc(N(CC)S(=O)(=O)c2ccccc2N=Nc2c(N)ccc3cc(S(=O)(=O)[O-])cc(O)c23)cc1.[Na+]. The number of anilines is 3. The number of fused-ring (bicyclic) bond motifs is 1. The van der Waals surface area contributed by atoms with Gasteiger partial charge in [-0.2, -0.15) is 0 Å². The minimum Gasteiger partial charge on any atom is -0.744 e. The predicted molar refractivity (Wildman–Crippen MR) is 167 cm³/mol. The Hall–Kier alpha value is -4.32. The van der Waals surface area contributed by atoms with Gasteiger partial charge < -0.3 is 20.7 Å². The van der Waals surface area contributed by atoms with Crippen molar-refractivity contribution in [1.82, 2.24) is 5.32 Å². The number of aromatic hydroxyl groups is 1. The van der Waals surface area contributed by atoms with Gasteiger partial charge in [-0.15, -0.1) is 10.2 Å². The van der Waals surface area contributed by atoms with Crippen LogP contribution in [0.4, 0.5) is 33.2 Å². The number of hydrogen-bond donors (Lipinski definition) is 4. The standard InChI is InChI=1S/C29H28N6O8S2.Na/c1-4-35(20-12-10-19(11-13-20)31-29(38)32-28(37)17(2)3)44(39,40)25-8-6-5-7-23(25)33-34-27-22(30)14-9-18-15-21(45(41,42)43)16-24(36)26(18)27;/h5-16,36H,2,4,30H2,1,3H3,(H,41,42,43)(H2,31,32,37,38);/q;+1/p-1. The number of amides is 3. The van der Waals surface area contributed by atoms with Crippen molar-refractivity contribution < 1.29 is 65.6 Å². The second-order valence-corrected chi connectivity index (χ2v) is 12.8. The molecule has 0 aliphatic rings. The molecular formula is C29H27N6NaO8S2. The van der Waals surface area contributed by atoms with Gasteiger partial charge in [0.1, 0.15) is 32.1 Å². The normalized spacial score (nSPS) is 11.5. The van der Waals surface area contributed by atoms with Crippen molar-refractivity contribution in [2.24, 2.45) is 10.2 Å². The molecule has 0 aliphatic carbocycles. The quantitative estimate of drug-likeness (QED) is 0.0668. The van der Waals surface area contributed by atoms with Gasteiger partial charge in [0.15, 0.2) is 0 Å². The maximum absolute atomic E-state index is 13.9. The van der Waals surface area contributed by atoms with E-state index in [2.05, 4.69) is 27.4 Å². The van der Waals surface area contributed by atoms with Crippen LogP contribution in [0, 0.1) is 0 Å². The van der Waals surface area contributed by atoms with Crippen LogP contribution in [0.3, 0.4) is 0 Å². The second-order valence-electron chi connectivity index (χ2n) is 9.57. The number of rotatable bonds is 9. The Morgan fingerprint density at radius 2 is 1.65 bits per heavy atom. The smallest absolute Gasteiger partial charge is 0.744 e. The molecule has 5 N–H and O–H groups in total. The minimum atomic E-state index is -4.87. The Labute approximate surface area is 287 Å². The second kappa shape index (κ2) is 14.4. The van der Waals surface area contributed by atoms with Gasteiger partial charge in [-0.05, 0) is 73.8 Å². The van der Waals surface area contributed by atoms with Crippen LogP contribution >= 0.6 is 0 Å². The number of nitrogens with zero attached hydrogens (tertiary/aromatic N) is 3. The van der Waals surface area contributed by atoms with Crippen molar-refractivity contribution in [3.05, 3.63) is 84.9 Å². The van der Waals surface area contributed by atoms with Crippen molar-refractivity contribution in [3.63, 3.8) is 0 Å². The number of phenolic OH excluding ortho intramolecular Hbond substituents is 1. The molecule has 234 valence electrons. The summed E-state index contributed by atoms with van der Waals surface area (Å²) in [6, 6.07) is 15.5. The van der Waals surface area contributed by atoms with E-state index in [1.807, 2.05) is 0 Å². The zero-order chi connectivity index (χ0) is 33.1. The molecule has 3 amide bonds. The van der Waals surface area contributed by atoms with Crippen LogP contribution in [0.5, 0.6) is 5.75 Å². The first-order valence-electron chi connectivity index (χ1n) is 13.1. The number of hydrogen-bond acceptors (Lipinski definition) is 11. The predicted octanol–water partition coefficient (Wildman–Crippen LogP) is 1.89. The molecule has 0 heterocycles. The van der Waals surface area contributed by atoms with Gasteiger partial charge in [-0.25, -0.2) is 21.6 Å². The van der Waals surface area contributed by atoms with Crippen molar-refractivity contribution in [3.8, 4) is 5.75 Å². The number of carbonyl (C=O) groups is 2. The number of benzene rings is 4. The summed E-state index contributed by atoms with van der Waals surface area (Å²) in [6.45, 7) is 6.55. The van der Waals surface area contributed by atoms with Crippen molar-refractivity contribution in [1.29, 1.82) is 0 Å². The van der Waals surface area contributed by atoms with Crippen LogP contribution in [0.25, 0.3) is 10.8 Å². The molecule has 4 aromatic carbocycles. The molecule has 0 aliphatic heterocycles. The summed E-state index contributed by atoms with van der Waals surface area (Å²) in [5.41, 5.74) is 6.68. The zero-order valence-corrected chi connectivity index (χ0v) is 28.5. The van der Waals surface area contributed by atoms with Gasteiger partial charge in [0.05, 0.1) is 21.7 Å². The number of phenols is 1. The monoisotopic (exact) mass is 674 g/mol. The fourth-order valence-corrected chi connectivity index (χ4v) is 6.35. The third-order valence-corrected chi connectivity index (χ3v) is 9.13. The first-order valence-corrected chi connectivity index (χ1v) is 15.9. The molecule has 17 heteroatoms. The topological polar surface area (TPSA) is 224 Å². The molecule has 0 bridgehead atoms. The molecule has 0 fully saturated rings. The molecule has 0 spiro atoms. The number of imide groups is 1. The molecule has 0 atom stereocenters. The third-order valence-electron chi connectivity index (χ3n) is 6.37. The number of sulfonamides is 1. The van der Waals surface area contributed by atoms with Gasteiger partial charge >= 0.3 is 35.6 Å². The van der Waals surface area contributed by atoms with Gasteiger partial charge in [0.2, 0.25) is 0 Å². The Balaban J connectivity index is 0.00000576. The molecule has 0 unspecified atom stereocenters. The Morgan fingerprint density at radius 3 is 2.26 bits per heavy atom. The van der Waals surface area contributed by atoms with Gasteiger partial charge in [0, 0.05) is 17.8 Å². The van der Waals surface area contributed by atoms with E-state index in [9.17, 15) is 36.1 Å². The van der Waals surface area contributed by atoms with Gasteiger partial charge in [-0.3, -0.25) is 14.4 Å². The van der Waals surface area contributed by atoms with Gasteiger partial charge in [0.25, 0.3) is 15.9 Å². The summed E-state index contributed by atoms with van der Waals surface area (Å²) in [4.78, 5) is 22.8. The maximum Gasteiger partial charge on any atom is 1.00 e. The summed E-state index contributed by atoms with van der Waals surface area (Å²) in [6.07, 6.45) is 0. The van der Waals surface area contributed by atoms with E-state index in [1.54, 1.807) is 13.0 Å². The molecule has 14 nitrogen and oxygen atoms in total. The Kier molecular flexibility index (Phi) is 11.3. The largest absolute Gasteiger partial charge is 1.00 e. The molecule has 0 saturated heterocycles. The summed E-state index contributed by atoms with van der Waals surface area (Å²) in [5.74, 6) is -1.23. The first-order chi connectivity index (χ1) is 21.1. The molecule has 46 heavy (non-hydrogen) atoms. The van der Waals surface area contributed by atoms with E-state index < -0.39 is 42.7 Å². The molecule has 4 aromatic rings. The average molecular weight is 675 g/mol. The van der Waals surface area contributed by atoms with Crippen LogP contribution in [0.1, 0.15) is 13.8 Å². The van der Waals surface area contributed by atoms with E-state index in [-0.39, 0.29) is 80.1 Å². The number of carbonyl (C=O) groups excluding carboxylic acids is 2. The third kappa shape index (κ3) is 7.90. The van der Waals surface area contributed by atoms with Gasteiger partial charge in [-0.1, -0.05) is 24.8 Å². The summed E-state index contributed by atoms with van der Waals surface area (Å²) < 4.78 is 63.3. The minimum absolute atomic E-state index is 0. The molecule has 0 radical (unpaired) electrons. The molecule has 4 rings (SSSR count). The van der Waals surface area contributed by atoms with Crippen LogP contribution in [0.15, 0.2) is 105 Å². The Bertz CT molecular complexity index is 2090. The molecule has 0 saturated carbocycles.